The molecule has 18 heavy (non-hydrogen) atoms. The summed E-state index contributed by atoms with van der Waals surface area (Å²) in [4.78, 5) is 0. The Balaban J connectivity index is 2.17. The van der Waals surface area contributed by atoms with Crippen molar-refractivity contribution in [2.45, 2.75) is 6.61 Å². The van der Waals surface area contributed by atoms with E-state index in [9.17, 15) is 0 Å². The van der Waals surface area contributed by atoms with Gasteiger partial charge in [-0.05, 0) is 42.0 Å². The van der Waals surface area contributed by atoms with Crippen molar-refractivity contribution in [1.82, 2.24) is 0 Å². The summed E-state index contributed by atoms with van der Waals surface area (Å²) in [6.07, 6.45) is 0. The first-order valence-corrected chi connectivity index (χ1v) is 5.82. The zero-order valence-corrected chi connectivity index (χ0v) is 10.6. The van der Waals surface area contributed by atoms with Crippen molar-refractivity contribution in [3.8, 4) is 17.2 Å². The Morgan fingerprint density at radius 1 is 1.06 bits per heavy atom. The lowest BCUT2D eigenvalue weighted by molar-refractivity contribution is 0.281. The molecule has 0 unspecified atom stereocenters. The maximum absolute atomic E-state index is 8.99. The molecule has 0 saturated heterocycles. The van der Waals surface area contributed by atoms with Crippen LogP contribution in [0.3, 0.4) is 0 Å². The van der Waals surface area contributed by atoms with Gasteiger partial charge >= 0.3 is 0 Å². The van der Waals surface area contributed by atoms with Gasteiger partial charge in [-0.3, -0.25) is 0 Å². The molecule has 2 aromatic carbocycles. The van der Waals surface area contributed by atoms with Gasteiger partial charge in [-0.1, -0.05) is 17.7 Å². The van der Waals surface area contributed by atoms with Gasteiger partial charge in [-0.15, -0.1) is 0 Å². The van der Waals surface area contributed by atoms with Crippen LogP contribution in [0.15, 0.2) is 42.5 Å². The van der Waals surface area contributed by atoms with Crippen LogP contribution in [0, 0.1) is 0 Å². The van der Waals surface area contributed by atoms with E-state index in [0.717, 1.165) is 11.3 Å². The average Bonchev–Trinajstić information content (AvgIpc) is 2.42. The number of rotatable bonds is 4. The standard InChI is InChI=1S/C14H13ClO3/c1-17-11-3-5-12(6-4-11)18-14-7-2-10(9-16)8-13(14)15/h2-8,16H,9H2,1H3. The second-order valence-corrected chi connectivity index (χ2v) is 4.11. The third kappa shape index (κ3) is 2.94. The summed E-state index contributed by atoms with van der Waals surface area (Å²) in [5.74, 6) is 2.00. The first kappa shape index (κ1) is 12.7. The van der Waals surface area contributed by atoms with Gasteiger partial charge in [0.05, 0.1) is 18.7 Å². The average molecular weight is 265 g/mol. The van der Waals surface area contributed by atoms with Crippen LogP contribution in [0.5, 0.6) is 17.2 Å². The third-order valence-electron chi connectivity index (χ3n) is 2.47. The lowest BCUT2D eigenvalue weighted by atomic mass is 10.2. The molecule has 2 aromatic rings. The highest BCUT2D eigenvalue weighted by Crippen LogP contribution is 2.30. The van der Waals surface area contributed by atoms with Gasteiger partial charge in [0.2, 0.25) is 0 Å². The second kappa shape index (κ2) is 5.76. The van der Waals surface area contributed by atoms with Crippen LogP contribution in [0.1, 0.15) is 5.56 Å². The number of aliphatic hydroxyl groups excluding tert-OH is 1. The molecule has 0 heterocycles. The van der Waals surface area contributed by atoms with Gasteiger partial charge in [0.15, 0.2) is 0 Å². The molecule has 94 valence electrons. The third-order valence-corrected chi connectivity index (χ3v) is 2.76. The summed E-state index contributed by atoms with van der Waals surface area (Å²) >= 11 is 6.06. The predicted octanol–water partition coefficient (Wildman–Crippen LogP) is 3.63. The highest BCUT2D eigenvalue weighted by molar-refractivity contribution is 6.32. The maximum atomic E-state index is 8.99. The first-order chi connectivity index (χ1) is 8.72. The van der Waals surface area contributed by atoms with Crippen molar-refractivity contribution in [2.24, 2.45) is 0 Å². The summed E-state index contributed by atoms with van der Waals surface area (Å²) in [6, 6.07) is 12.4. The van der Waals surface area contributed by atoms with E-state index in [0.29, 0.717) is 16.5 Å². The molecule has 0 bridgehead atoms. The number of hydrogen-bond acceptors (Lipinski definition) is 3. The van der Waals surface area contributed by atoms with Crippen molar-refractivity contribution >= 4 is 11.6 Å². The smallest absolute Gasteiger partial charge is 0.146 e. The van der Waals surface area contributed by atoms with Gasteiger partial charge < -0.3 is 14.6 Å². The molecule has 0 aromatic heterocycles. The molecule has 0 spiro atoms. The minimum absolute atomic E-state index is 0.0392. The number of aliphatic hydroxyl groups is 1. The number of methoxy groups -OCH3 is 1. The summed E-state index contributed by atoms with van der Waals surface area (Å²) in [5.41, 5.74) is 0.752. The Bertz CT molecular complexity index is 523. The van der Waals surface area contributed by atoms with Crippen LogP contribution in [0.2, 0.25) is 5.02 Å². The molecular formula is C14H13ClO3. The molecule has 1 N–H and O–H groups in total. The fraction of sp³-hybridized carbons (Fsp3) is 0.143. The quantitative estimate of drug-likeness (QED) is 0.916. The molecule has 4 heteroatoms. The fourth-order valence-electron chi connectivity index (χ4n) is 1.50. The predicted molar refractivity (Wildman–Crippen MR) is 70.4 cm³/mol. The monoisotopic (exact) mass is 264 g/mol. The summed E-state index contributed by atoms with van der Waals surface area (Å²) in [6.45, 7) is -0.0392. The van der Waals surface area contributed by atoms with Crippen molar-refractivity contribution in [2.75, 3.05) is 7.11 Å². The number of benzene rings is 2. The Hall–Kier alpha value is -1.71. The zero-order chi connectivity index (χ0) is 13.0. The summed E-state index contributed by atoms with van der Waals surface area (Å²) < 4.78 is 10.7. The Labute approximate surface area is 111 Å². The number of hydrogen-bond donors (Lipinski definition) is 1. The number of ether oxygens (including phenoxy) is 2. The molecule has 0 amide bonds. The second-order valence-electron chi connectivity index (χ2n) is 3.70. The lowest BCUT2D eigenvalue weighted by Crippen LogP contribution is -1.88. The fourth-order valence-corrected chi connectivity index (χ4v) is 1.74. The minimum Gasteiger partial charge on any atom is -0.497 e. The first-order valence-electron chi connectivity index (χ1n) is 5.44. The topological polar surface area (TPSA) is 38.7 Å². The van der Waals surface area contributed by atoms with E-state index >= 15 is 0 Å². The molecule has 0 aliphatic heterocycles. The van der Waals surface area contributed by atoms with E-state index in [2.05, 4.69) is 0 Å². The Kier molecular flexibility index (Phi) is 4.07. The number of halogens is 1. The van der Waals surface area contributed by atoms with E-state index in [-0.39, 0.29) is 6.61 Å². The van der Waals surface area contributed by atoms with Crippen LogP contribution < -0.4 is 9.47 Å². The van der Waals surface area contributed by atoms with Gasteiger partial charge in [0.25, 0.3) is 0 Å². The molecule has 0 saturated carbocycles. The molecule has 0 radical (unpaired) electrons. The highest BCUT2D eigenvalue weighted by Gasteiger charge is 2.04. The molecule has 0 aliphatic rings. The highest BCUT2D eigenvalue weighted by atomic mass is 35.5. The van der Waals surface area contributed by atoms with E-state index in [1.807, 2.05) is 12.1 Å². The van der Waals surface area contributed by atoms with Crippen molar-refractivity contribution < 1.29 is 14.6 Å². The van der Waals surface area contributed by atoms with Crippen molar-refractivity contribution in [3.63, 3.8) is 0 Å². The van der Waals surface area contributed by atoms with E-state index < -0.39 is 0 Å². The maximum Gasteiger partial charge on any atom is 0.146 e. The minimum atomic E-state index is -0.0392. The summed E-state index contributed by atoms with van der Waals surface area (Å²) in [7, 11) is 1.61. The largest absolute Gasteiger partial charge is 0.497 e. The lowest BCUT2D eigenvalue weighted by Gasteiger charge is -2.09. The van der Waals surface area contributed by atoms with Crippen LogP contribution in [0.25, 0.3) is 0 Å². The van der Waals surface area contributed by atoms with E-state index in [1.165, 1.54) is 0 Å². The molecule has 0 fully saturated rings. The molecule has 0 aliphatic carbocycles. The van der Waals surface area contributed by atoms with Crippen molar-refractivity contribution in [1.29, 1.82) is 0 Å². The van der Waals surface area contributed by atoms with Crippen molar-refractivity contribution in [3.05, 3.63) is 53.1 Å². The van der Waals surface area contributed by atoms with Gasteiger partial charge in [-0.25, -0.2) is 0 Å². The SMILES string of the molecule is COc1ccc(Oc2ccc(CO)cc2Cl)cc1. The van der Waals surface area contributed by atoms with Gasteiger partial charge in [-0.2, -0.15) is 0 Å². The van der Waals surface area contributed by atoms with Gasteiger partial charge in [0, 0.05) is 0 Å². The Morgan fingerprint density at radius 3 is 2.28 bits per heavy atom. The molecular weight excluding hydrogens is 252 g/mol. The van der Waals surface area contributed by atoms with E-state index in [1.54, 1.807) is 37.4 Å². The van der Waals surface area contributed by atoms with Crippen LogP contribution in [-0.4, -0.2) is 12.2 Å². The summed E-state index contributed by atoms with van der Waals surface area (Å²) in [5, 5.41) is 9.46. The zero-order valence-electron chi connectivity index (χ0n) is 9.89. The normalized spacial score (nSPS) is 10.2. The van der Waals surface area contributed by atoms with Crippen LogP contribution >= 0.6 is 11.6 Å². The Morgan fingerprint density at radius 2 is 1.72 bits per heavy atom. The molecule has 2 rings (SSSR count). The van der Waals surface area contributed by atoms with Gasteiger partial charge in [0.1, 0.15) is 17.2 Å². The van der Waals surface area contributed by atoms with E-state index in [4.69, 9.17) is 26.2 Å². The van der Waals surface area contributed by atoms with Crippen LogP contribution in [-0.2, 0) is 6.61 Å². The van der Waals surface area contributed by atoms with Crippen LogP contribution in [0.4, 0.5) is 0 Å². The molecule has 3 nitrogen and oxygen atoms in total. The molecule has 0 atom stereocenters.